The Kier molecular flexibility index (Phi) is 4.80. The number of halogens is 1. The van der Waals surface area contributed by atoms with E-state index in [1.165, 1.54) is 30.1 Å². The van der Waals surface area contributed by atoms with Crippen LogP contribution in [0.1, 0.15) is 18.7 Å². The topological polar surface area (TPSA) is 176 Å². The number of aliphatic hydroxyl groups excluding tert-OH is 1. The van der Waals surface area contributed by atoms with Gasteiger partial charge in [0.25, 0.3) is 5.91 Å². The number of hydrogen-bond donors (Lipinski definition) is 5. The second kappa shape index (κ2) is 6.83. The molecule has 0 spiro atoms. The average Bonchev–Trinajstić information content (AvgIpc) is 3.05. The molecule has 2 aliphatic rings. The van der Waals surface area contributed by atoms with E-state index in [1.54, 1.807) is 0 Å². The molecule has 0 saturated carbocycles. The van der Waals surface area contributed by atoms with E-state index in [0.717, 1.165) is 0 Å². The zero-order valence-corrected chi connectivity index (χ0v) is 16.4. The Morgan fingerprint density at radius 3 is 2.86 bits per heavy atom. The smallest absolute Gasteiger partial charge is 0.387 e. The van der Waals surface area contributed by atoms with E-state index in [-0.39, 0.29) is 16.5 Å². The van der Waals surface area contributed by atoms with Gasteiger partial charge in [0.05, 0.1) is 17.0 Å². The predicted octanol–water partition coefficient (Wildman–Crippen LogP) is 0.0817. The fourth-order valence-electron chi connectivity index (χ4n) is 3.43. The molecule has 1 fully saturated rings. The summed E-state index contributed by atoms with van der Waals surface area (Å²) in [5.74, 6) is -0.257. The fourth-order valence-corrected chi connectivity index (χ4v) is 4.02. The molecule has 0 radical (unpaired) electrons. The Labute approximate surface area is 168 Å². The van der Waals surface area contributed by atoms with Gasteiger partial charge in [-0.15, -0.1) is 0 Å². The first kappa shape index (κ1) is 20.4. The van der Waals surface area contributed by atoms with Gasteiger partial charge in [-0.25, -0.2) is 14.5 Å². The van der Waals surface area contributed by atoms with E-state index in [4.69, 9.17) is 26.1 Å². The summed E-state index contributed by atoms with van der Waals surface area (Å²) in [5, 5.41) is 24.4. The summed E-state index contributed by atoms with van der Waals surface area (Å²) in [5.41, 5.74) is -1.21. The summed E-state index contributed by atoms with van der Waals surface area (Å²) in [4.78, 5) is 37.8. The Balaban J connectivity index is 1.78. The fraction of sp³-hybridized carbons (Fsp3) is 0.400. The molecule has 1 saturated heterocycles. The zero-order chi connectivity index (χ0) is 21.1. The van der Waals surface area contributed by atoms with Crippen LogP contribution in [0.2, 0.25) is 0 Å². The minimum atomic E-state index is -4.80. The van der Waals surface area contributed by atoms with Crippen molar-refractivity contribution >= 4 is 47.2 Å². The molecule has 2 aromatic heterocycles. The van der Waals surface area contributed by atoms with Gasteiger partial charge in [-0.05, 0) is 6.92 Å². The van der Waals surface area contributed by atoms with Crippen molar-refractivity contribution in [2.75, 3.05) is 11.9 Å². The standard InChI is InChI=1S/C15H16ClN4O8P/c1-15(23)11(22)8(4-27-29(24,25)26)28-14(15)20-3-6-7(16)2-9(21)19-12-10(6)13(20)18-5-17-12/h2-3,5,8,11,14,22-23H,4H2,1H3,(H2,24,25,26)(H,17,18,19,21)/t8-,11-,14-,15-/m1/s1. The highest BCUT2D eigenvalue weighted by Gasteiger charge is 2.54. The lowest BCUT2D eigenvalue weighted by atomic mass is 9.96. The van der Waals surface area contributed by atoms with Crippen molar-refractivity contribution in [2.45, 2.75) is 31.0 Å². The van der Waals surface area contributed by atoms with Crippen molar-refractivity contribution < 1.29 is 38.6 Å². The molecular weight excluding hydrogens is 431 g/mol. The molecule has 1 amide bonds. The van der Waals surface area contributed by atoms with Gasteiger partial charge < -0.3 is 34.6 Å². The summed E-state index contributed by atoms with van der Waals surface area (Å²) in [7, 11) is -4.80. The van der Waals surface area contributed by atoms with Crippen LogP contribution in [0.25, 0.3) is 16.1 Å². The number of carbonyl (C=O) groups is 1. The van der Waals surface area contributed by atoms with Gasteiger partial charge in [0, 0.05) is 17.8 Å². The monoisotopic (exact) mass is 446 g/mol. The van der Waals surface area contributed by atoms with Gasteiger partial charge in [-0.3, -0.25) is 9.32 Å². The van der Waals surface area contributed by atoms with Crippen molar-refractivity contribution in [1.29, 1.82) is 0 Å². The van der Waals surface area contributed by atoms with Gasteiger partial charge in [-0.1, -0.05) is 11.6 Å². The number of nitrogens with zero attached hydrogens (tertiary/aromatic N) is 3. The summed E-state index contributed by atoms with van der Waals surface area (Å²) in [6.07, 6.45) is -0.113. The second-order valence-corrected chi connectivity index (χ2v) is 8.48. The largest absolute Gasteiger partial charge is 0.469 e. The minimum absolute atomic E-state index is 0.111. The third kappa shape index (κ3) is 3.47. The number of anilines is 1. The van der Waals surface area contributed by atoms with Crippen LogP contribution in [0.15, 0.2) is 18.6 Å². The quantitative estimate of drug-likeness (QED) is 0.404. The molecule has 0 aromatic carbocycles. The Morgan fingerprint density at radius 2 is 2.17 bits per heavy atom. The number of aliphatic hydroxyl groups is 2. The molecular formula is C15H16ClN4O8P. The maximum Gasteiger partial charge on any atom is 0.469 e. The van der Waals surface area contributed by atoms with Crippen LogP contribution in [-0.4, -0.2) is 64.9 Å². The average molecular weight is 447 g/mol. The number of aromatic nitrogens is 3. The Hall–Kier alpha value is -1.89. The predicted molar refractivity (Wildman–Crippen MR) is 98.5 cm³/mol. The molecule has 0 bridgehead atoms. The molecule has 5 N–H and O–H groups in total. The van der Waals surface area contributed by atoms with Crippen LogP contribution in [0, 0.1) is 0 Å². The van der Waals surface area contributed by atoms with E-state index < -0.39 is 44.4 Å². The molecule has 2 aliphatic heterocycles. The number of nitrogens with one attached hydrogen (secondary N) is 1. The lowest BCUT2D eigenvalue weighted by molar-refractivity contribution is -0.111. The van der Waals surface area contributed by atoms with Crippen molar-refractivity contribution in [2.24, 2.45) is 0 Å². The highest BCUT2D eigenvalue weighted by molar-refractivity contribution is 7.46. The number of carbonyl (C=O) groups excluding carboxylic acids is 1. The molecule has 4 atom stereocenters. The SMILES string of the molecule is C[C@@]1(O)[C@H](O)[C@@H](COP(=O)(O)O)O[C@H]1n1cc2c3c(ncnc31)NC(=O)C=C2Cl. The zero-order valence-electron chi connectivity index (χ0n) is 14.8. The van der Waals surface area contributed by atoms with Crippen LogP contribution < -0.4 is 5.32 Å². The number of ether oxygens (including phenoxy) is 1. The summed E-state index contributed by atoms with van der Waals surface area (Å²) in [6.45, 7) is 0.652. The van der Waals surface area contributed by atoms with Crippen LogP contribution in [0.5, 0.6) is 0 Å². The highest BCUT2D eigenvalue weighted by atomic mass is 35.5. The van der Waals surface area contributed by atoms with Crippen LogP contribution in [0.3, 0.4) is 0 Å². The van der Waals surface area contributed by atoms with E-state index in [2.05, 4.69) is 19.8 Å². The van der Waals surface area contributed by atoms with Crippen LogP contribution >= 0.6 is 19.4 Å². The molecule has 14 heteroatoms. The van der Waals surface area contributed by atoms with Crippen LogP contribution in [-0.2, 0) is 18.6 Å². The Morgan fingerprint density at radius 1 is 1.45 bits per heavy atom. The highest BCUT2D eigenvalue weighted by Crippen LogP contribution is 2.44. The summed E-state index contributed by atoms with van der Waals surface area (Å²) < 4.78 is 22.4. The molecule has 12 nitrogen and oxygen atoms in total. The third-order valence-electron chi connectivity index (χ3n) is 4.78. The molecule has 29 heavy (non-hydrogen) atoms. The molecule has 0 unspecified atom stereocenters. The number of rotatable bonds is 4. The molecule has 4 rings (SSSR count). The van der Waals surface area contributed by atoms with Crippen molar-refractivity contribution in [3.05, 3.63) is 24.2 Å². The maximum atomic E-state index is 11.9. The second-order valence-electron chi connectivity index (χ2n) is 6.84. The van der Waals surface area contributed by atoms with Crippen LogP contribution in [0.4, 0.5) is 5.82 Å². The first-order valence-electron chi connectivity index (χ1n) is 8.29. The number of amides is 1. The van der Waals surface area contributed by atoms with Gasteiger partial charge >= 0.3 is 7.82 Å². The molecule has 0 aliphatic carbocycles. The van der Waals surface area contributed by atoms with Gasteiger partial charge in [-0.2, -0.15) is 0 Å². The van der Waals surface area contributed by atoms with Gasteiger partial charge in [0.15, 0.2) is 6.23 Å². The maximum absolute atomic E-state index is 11.9. The third-order valence-corrected chi connectivity index (χ3v) is 5.58. The van der Waals surface area contributed by atoms with Crippen molar-refractivity contribution in [1.82, 2.24) is 14.5 Å². The van der Waals surface area contributed by atoms with E-state index >= 15 is 0 Å². The first-order chi connectivity index (χ1) is 13.5. The first-order valence-corrected chi connectivity index (χ1v) is 10.2. The normalized spacial score (nSPS) is 29.7. The molecule has 4 heterocycles. The minimum Gasteiger partial charge on any atom is -0.387 e. The lowest BCUT2D eigenvalue weighted by Gasteiger charge is -2.27. The molecule has 156 valence electrons. The van der Waals surface area contributed by atoms with E-state index in [0.29, 0.717) is 10.9 Å². The van der Waals surface area contributed by atoms with E-state index in [1.807, 2.05) is 0 Å². The van der Waals surface area contributed by atoms with Gasteiger partial charge in [0.1, 0.15) is 35.6 Å². The van der Waals surface area contributed by atoms with Crippen molar-refractivity contribution in [3.8, 4) is 0 Å². The van der Waals surface area contributed by atoms with E-state index in [9.17, 15) is 19.6 Å². The summed E-state index contributed by atoms with van der Waals surface area (Å²) in [6, 6.07) is 0. The summed E-state index contributed by atoms with van der Waals surface area (Å²) >= 11 is 6.23. The number of phosphoric acid groups is 1. The number of hydrogen-bond acceptors (Lipinski definition) is 8. The van der Waals surface area contributed by atoms with Gasteiger partial charge in [0.2, 0.25) is 0 Å². The Bertz CT molecular complexity index is 1080. The van der Waals surface area contributed by atoms with Crippen molar-refractivity contribution in [3.63, 3.8) is 0 Å². The number of phosphoric ester groups is 1. The lowest BCUT2D eigenvalue weighted by Crippen LogP contribution is -2.44. The molecule has 2 aromatic rings.